The van der Waals surface area contributed by atoms with Crippen LogP contribution in [0.3, 0.4) is 0 Å². The molecule has 6 rings (SSSR count). The summed E-state index contributed by atoms with van der Waals surface area (Å²) in [5.41, 5.74) is 2.36. The number of fused-ring (bicyclic) bond motifs is 5. The second-order valence-corrected chi connectivity index (χ2v) is 15.9. The first-order chi connectivity index (χ1) is 19.4. The maximum Gasteiger partial charge on any atom is 0.330 e. The molecular weight excluding hydrogens is 519 g/mol. The van der Waals surface area contributed by atoms with Gasteiger partial charge >= 0.3 is 7.60 Å². The topological polar surface area (TPSA) is 59.1 Å². The van der Waals surface area contributed by atoms with Crippen molar-refractivity contribution in [2.45, 2.75) is 122 Å². The van der Waals surface area contributed by atoms with Crippen molar-refractivity contribution >= 4 is 19.2 Å². The van der Waals surface area contributed by atoms with Crippen LogP contribution in [0.25, 0.3) is 0 Å². The molecule has 0 N–H and O–H groups in total. The van der Waals surface area contributed by atoms with Gasteiger partial charge in [0.2, 0.25) is 5.91 Å². The van der Waals surface area contributed by atoms with Gasteiger partial charge in [-0.1, -0.05) is 31.5 Å². The zero-order chi connectivity index (χ0) is 27.9. The molecule has 40 heavy (non-hydrogen) atoms. The van der Waals surface area contributed by atoms with Gasteiger partial charge in [0.25, 0.3) is 0 Å². The van der Waals surface area contributed by atoms with E-state index in [0.29, 0.717) is 44.3 Å². The molecule has 1 aromatic rings. The van der Waals surface area contributed by atoms with Gasteiger partial charge in [-0.05, 0) is 114 Å². The molecule has 2 aliphatic carbocycles. The molecule has 6 nitrogen and oxygen atoms in total. The molecule has 3 aliphatic heterocycles. The van der Waals surface area contributed by atoms with Crippen LogP contribution in [0.5, 0.6) is 0 Å². The average molecular weight is 571 g/mol. The molecule has 0 spiro atoms. The summed E-state index contributed by atoms with van der Waals surface area (Å²) < 4.78 is 24.4. The van der Waals surface area contributed by atoms with Crippen LogP contribution in [0.2, 0.25) is 0 Å². The van der Waals surface area contributed by atoms with E-state index in [4.69, 9.17) is 9.05 Å². The number of benzene rings is 1. The Morgan fingerprint density at radius 3 is 2.15 bits per heavy atom. The van der Waals surface area contributed by atoms with Gasteiger partial charge in [-0.3, -0.25) is 14.3 Å². The van der Waals surface area contributed by atoms with E-state index in [9.17, 15) is 9.36 Å². The molecule has 7 heteroatoms. The van der Waals surface area contributed by atoms with Crippen LogP contribution >= 0.6 is 7.60 Å². The summed E-state index contributed by atoms with van der Waals surface area (Å²) in [6, 6.07) is 10.7. The van der Waals surface area contributed by atoms with Crippen LogP contribution in [-0.4, -0.2) is 54.4 Å². The van der Waals surface area contributed by atoms with Gasteiger partial charge in [0, 0.05) is 35.8 Å². The van der Waals surface area contributed by atoms with Crippen LogP contribution in [0, 0.1) is 23.7 Å². The second kappa shape index (κ2) is 12.2. The summed E-state index contributed by atoms with van der Waals surface area (Å²) in [7, 11) is -3.18. The quantitative estimate of drug-likeness (QED) is 0.289. The number of rotatable bonds is 9. The first-order valence-corrected chi connectivity index (χ1v) is 18.2. The fourth-order valence-electron chi connectivity index (χ4n) is 9.65. The van der Waals surface area contributed by atoms with Gasteiger partial charge < -0.3 is 13.9 Å². The smallest absolute Gasteiger partial charge is 0.309 e. The summed E-state index contributed by atoms with van der Waals surface area (Å²) in [5.74, 6) is 2.79. The molecule has 1 amide bonds. The molecule has 8 atom stereocenters. The summed E-state index contributed by atoms with van der Waals surface area (Å²) in [6.45, 7) is 6.87. The van der Waals surface area contributed by atoms with E-state index in [2.05, 4.69) is 41.0 Å². The van der Waals surface area contributed by atoms with Gasteiger partial charge in [0.1, 0.15) is 0 Å². The number of para-hydroxylation sites is 1. The van der Waals surface area contributed by atoms with Crippen molar-refractivity contribution in [1.29, 1.82) is 0 Å². The van der Waals surface area contributed by atoms with Crippen molar-refractivity contribution in [3.05, 3.63) is 29.8 Å². The molecule has 0 radical (unpaired) electrons. The van der Waals surface area contributed by atoms with Crippen LogP contribution in [0.1, 0.15) is 97.0 Å². The highest BCUT2D eigenvalue weighted by atomic mass is 31.2. The number of piperidine rings is 2. The zero-order valence-corrected chi connectivity index (χ0v) is 25.9. The van der Waals surface area contributed by atoms with Gasteiger partial charge in [0.05, 0.1) is 19.4 Å². The zero-order valence-electron chi connectivity index (χ0n) is 25.0. The highest BCUT2D eigenvalue weighted by Gasteiger charge is 2.48. The lowest BCUT2D eigenvalue weighted by molar-refractivity contribution is -0.124. The summed E-state index contributed by atoms with van der Waals surface area (Å²) in [4.78, 5) is 19.4. The first kappa shape index (κ1) is 28.9. The van der Waals surface area contributed by atoms with Crippen molar-refractivity contribution in [1.82, 2.24) is 4.90 Å². The van der Waals surface area contributed by atoms with Crippen molar-refractivity contribution in [2.75, 3.05) is 24.3 Å². The SMILES string of the molecule is CCOP(=O)(CCC1Cc2ccccc2N(C2C[C@H]3CCC[C@@H](C2)N3C2C[C@H]3CC(C)C[C@@H](C2)C3)C1=O)OCC. The van der Waals surface area contributed by atoms with E-state index in [1.807, 2.05) is 13.8 Å². The number of hydrogen-bond donors (Lipinski definition) is 0. The Morgan fingerprint density at radius 1 is 0.850 bits per heavy atom. The minimum absolute atomic E-state index is 0.179. The minimum atomic E-state index is -3.18. The highest BCUT2D eigenvalue weighted by molar-refractivity contribution is 7.53. The molecule has 5 aliphatic rings. The Kier molecular flexibility index (Phi) is 8.81. The lowest BCUT2D eigenvalue weighted by Crippen LogP contribution is -2.62. The standard InChI is InChI=1S/C33H51N2O4P/c1-4-38-40(37,39-5-2)14-13-27-20-26-9-6-7-12-32(26)35(33(27)36)31-21-28-10-8-11-29(22-31)34(28)30-18-24-15-23(3)16-25(17-24)19-30/h6-7,9,12,23-25,27-31H,4-5,8,10-11,13-22H2,1-3H3/t23?,24-,25+,27?,28-,29+,30?,31?. The van der Waals surface area contributed by atoms with Crippen LogP contribution in [0.15, 0.2) is 24.3 Å². The molecule has 4 unspecified atom stereocenters. The maximum absolute atomic E-state index is 14.2. The van der Waals surface area contributed by atoms with E-state index in [1.165, 1.54) is 56.9 Å². The molecule has 0 aromatic heterocycles. The Balaban J connectivity index is 1.20. The van der Waals surface area contributed by atoms with Gasteiger partial charge in [-0.2, -0.15) is 0 Å². The molecule has 2 saturated heterocycles. The molecule has 3 heterocycles. The molecule has 1 aromatic carbocycles. The molecule has 222 valence electrons. The predicted molar refractivity (Wildman–Crippen MR) is 161 cm³/mol. The molecule has 2 saturated carbocycles. The van der Waals surface area contributed by atoms with Crippen LogP contribution < -0.4 is 4.90 Å². The Morgan fingerprint density at radius 2 is 1.50 bits per heavy atom. The van der Waals surface area contributed by atoms with Crippen molar-refractivity contribution in [3.63, 3.8) is 0 Å². The molecule has 4 bridgehead atoms. The van der Waals surface area contributed by atoms with E-state index in [-0.39, 0.29) is 17.9 Å². The van der Waals surface area contributed by atoms with Crippen molar-refractivity contribution in [2.24, 2.45) is 23.7 Å². The fourth-order valence-corrected chi connectivity index (χ4v) is 11.4. The number of nitrogens with zero attached hydrogens (tertiary/aromatic N) is 2. The molecule has 4 fully saturated rings. The minimum Gasteiger partial charge on any atom is -0.309 e. The van der Waals surface area contributed by atoms with E-state index in [0.717, 1.165) is 42.3 Å². The third-order valence-corrected chi connectivity index (χ3v) is 13.0. The highest BCUT2D eigenvalue weighted by Crippen LogP contribution is 2.51. The summed E-state index contributed by atoms with van der Waals surface area (Å²) >= 11 is 0. The number of hydrogen-bond acceptors (Lipinski definition) is 5. The first-order valence-electron chi connectivity index (χ1n) is 16.4. The van der Waals surface area contributed by atoms with E-state index < -0.39 is 7.60 Å². The predicted octanol–water partition coefficient (Wildman–Crippen LogP) is 7.45. The van der Waals surface area contributed by atoms with Gasteiger partial charge in [0.15, 0.2) is 0 Å². The normalized spacial score (nSPS) is 36.4. The fraction of sp³-hybridized carbons (Fsp3) is 0.788. The number of amides is 1. The molecular formula is C33H51N2O4P. The maximum atomic E-state index is 14.2. The number of carbonyl (C=O) groups is 1. The van der Waals surface area contributed by atoms with Crippen LogP contribution in [0.4, 0.5) is 5.69 Å². The largest absolute Gasteiger partial charge is 0.330 e. The third-order valence-electron chi connectivity index (χ3n) is 10.8. The lowest BCUT2D eigenvalue weighted by Gasteiger charge is -2.57. The van der Waals surface area contributed by atoms with E-state index in [1.54, 1.807) is 0 Å². The van der Waals surface area contributed by atoms with Crippen molar-refractivity contribution in [3.8, 4) is 0 Å². The number of carbonyl (C=O) groups excluding carboxylic acids is 1. The number of anilines is 1. The summed E-state index contributed by atoms with van der Waals surface area (Å²) in [5, 5.41) is 0. The second-order valence-electron chi connectivity index (χ2n) is 13.7. The average Bonchev–Trinajstić information content (AvgIpc) is 2.91. The Bertz CT molecular complexity index is 1050. The summed E-state index contributed by atoms with van der Waals surface area (Å²) in [6.07, 6.45) is 14.7. The Labute approximate surface area is 242 Å². The van der Waals surface area contributed by atoms with Gasteiger partial charge in [-0.15, -0.1) is 0 Å². The van der Waals surface area contributed by atoms with Gasteiger partial charge in [-0.25, -0.2) is 0 Å². The van der Waals surface area contributed by atoms with Crippen LogP contribution in [-0.2, 0) is 24.8 Å². The van der Waals surface area contributed by atoms with E-state index >= 15 is 0 Å². The van der Waals surface area contributed by atoms with Crippen molar-refractivity contribution < 1.29 is 18.4 Å². The lowest BCUT2D eigenvalue weighted by atomic mass is 9.65. The Hall–Kier alpha value is -1.20. The third kappa shape index (κ3) is 5.85. The monoisotopic (exact) mass is 570 g/mol.